The highest BCUT2D eigenvalue weighted by Crippen LogP contribution is 2.54. The molecule has 1 aliphatic carbocycles. The summed E-state index contributed by atoms with van der Waals surface area (Å²) in [6.07, 6.45) is 0. The van der Waals surface area contributed by atoms with Gasteiger partial charge >= 0.3 is 6.85 Å². The van der Waals surface area contributed by atoms with Crippen LogP contribution in [0.5, 0.6) is 0 Å². The van der Waals surface area contributed by atoms with Crippen LogP contribution in [-0.2, 0) is 27.1 Å². The molecule has 2 heterocycles. The number of anilines is 5. The van der Waals surface area contributed by atoms with Gasteiger partial charge in [-0.25, -0.2) is 0 Å². The van der Waals surface area contributed by atoms with Crippen molar-refractivity contribution in [1.29, 1.82) is 0 Å². The fraction of sp³-hybridized carbons (Fsp3) is 0.311. The molecule has 3 heteroatoms. The Bertz CT molecular complexity index is 3000. The number of benzene rings is 7. The van der Waals surface area contributed by atoms with Gasteiger partial charge in [0.05, 0.1) is 5.69 Å². The van der Waals surface area contributed by atoms with E-state index < -0.39 is 0 Å². The van der Waals surface area contributed by atoms with Gasteiger partial charge in [-0.2, -0.15) is 0 Å². The van der Waals surface area contributed by atoms with Crippen molar-refractivity contribution >= 4 is 46.2 Å². The van der Waals surface area contributed by atoms with E-state index in [0.717, 1.165) is 0 Å². The molecule has 0 bridgehead atoms. The first kappa shape index (κ1) is 42.2. The normalized spacial score (nSPS) is 15.1. The molecule has 7 aromatic carbocycles. The van der Waals surface area contributed by atoms with Crippen LogP contribution in [0.4, 0.5) is 28.4 Å². The molecule has 2 aliphatic heterocycles. The van der Waals surface area contributed by atoms with Crippen molar-refractivity contribution in [3.63, 3.8) is 0 Å². The fourth-order valence-electron chi connectivity index (χ4n) is 10.8. The predicted octanol–water partition coefficient (Wildman–Crippen LogP) is 15.6. The highest BCUT2D eigenvalue weighted by molar-refractivity contribution is 6.93. The van der Waals surface area contributed by atoms with Crippen LogP contribution in [0.3, 0.4) is 0 Å². The molecule has 7 aromatic rings. The standard InChI is InChI=1S/C61H65BN2/c1-57(2,3)39-24-28-43(29-25-39)64-53-31-27-41(59(7,8)9)33-47(53)48-34-42(60(10,11)12)35-55-56(48)62(64)51-36-46-44-22-18-19-23-49(44)61(13,14)50(46)37-54(51)63(55)52-30-26-40(58(4,5)6)32-45(52)38-20-16-15-17-21-38/h15-37H,1-14H3. The van der Waals surface area contributed by atoms with Gasteiger partial charge < -0.3 is 9.71 Å². The molecule has 0 N–H and O–H groups in total. The van der Waals surface area contributed by atoms with Crippen LogP contribution in [0.25, 0.3) is 33.4 Å². The van der Waals surface area contributed by atoms with E-state index in [9.17, 15) is 0 Å². The van der Waals surface area contributed by atoms with Crippen LogP contribution in [0.2, 0.25) is 0 Å². The van der Waals surface area contributed by atoms with Gasteiger partial charge in [-0.1, -0.05) is 188 Å². The first-order valence-electron chi connectivity index (χ1n) is 23.5. The first-order chi connectivity index (χ1) is 30.0. The predicted molar refractivity (Wildman–Crippen MR) is 278 cm³/mol. The molecule has 0 radical (unpaired) electrons. The highest BCUT2D eigenvalue weighted by Gasteiger charge is 2.48. The van der Waals surface area contributed by atoms with Gasteiger partial charge in [-0.15, -0.1) is 0 Å². The minimum atomic E-state index is -0.172. The Hall–Kier alpha value is -5.80. The Kier molecular flexibility index (Phi) is 9.29. The van der Waals surface area contributed by atoms with E-state index in [1.165, 1.54) is 106 Å². The molecule has 10 rings (SSSR count). The average Bonchev–Trinajstić information content (AvgIpc) is 3.46. The molecule has 3 aliphatic rings. The summed E-state index contributed by atoms with van der Waals surface area (Å²) in [6.45, 7) is 32.8. The van der Waals surface area contributed by atoms with Gasteiger partial charge in [0.1, 0.15) is 0 Å². The maximum absolute atomic E-state index is 2.69. The molecule has 0 saturated carbocycles. The van der Waals surface area contributed by atoms with E-state index in [2.05, 4.69) is 246 Å². The minimum Gasteiger partial charge on any atom is -0.376 e. The number of hydrogen-bond donors (Lipinski definition) is 0. The van der Waals surface area contributed by atoms with Crippen molar-refractivity contribution in [2.45, 2.75) is 124 Å². The molecular weight excluding hydrogens is 771 g/mol. The van der Waals surface area contributed by atoms with E-state index in [1.54, 1.807) is 0 Å². The van der Waals surface area contributed by atoms with Crippen LogP contribution in [0.1, 0.15) is 130 Å². The van der Waals surface area contributed by atoms with Gasteiger partial charge in [0.2, 0.25) is 0 Å². The number of hydrogen-bond acceptors (Lipinski definition) is 2. The third-order valence-electron chi connectivity index (χ3n) is 14.7. The zero-order valence-corrected chi connectivity index (χ0v) is 40.8. The Morgan fingerprint density at radius 3 is 1.56 bits per heavy atom. The van der Waals surface area contributed by atoms with E-state index in [0.29, 0.717) is 0 Å². The summed E-state index contributed by atoms with van der Waals surface area (Å²) in [6, 6.07) is 54.6. The molecule has 0 atom stereocenters. The SMILES string of the molecule is CC(C)(C)c1ccc(N2B3c4cc5c(cc4N(c4ccc(C(C)(C)C)cc4-c4ccccc4)c4cc(C(C)(C)C)cc(c43)-c3cc(C(C)(C)C)ccc32)C(C)(C)c2ccccc2-5)cc1. The van der Waals surface area contributed by atoms with Crippen LogP contribution < -0.4 is 20.6 Å². The average molecular weight is 837 g/mol. The van der Waals surface area contributed by atoms with E-state index in [-0.39, 0.29) is 33.9 Å². The summed E-state index contributed by atoms with van der Waals surface area (Å²) >= 11 is 0. The number of nitrogens with zero attached hydrogens (tertiary/aromatic N) is 2. The summed E-state index contributed by atoms with van der Waals surface area (Å²) < 4.78 is 0. The third-order valence-corrected chi connectivity index (χ3v) is 14.7. The zero-order valence-electron chi connectivity index (χ0n) is 40.8. The van der Waals surface area contributed by atoms with Crippen molar-refractivity contribution < 1.29 is 0 Å². The molecule has 0 aromatic heterocycles. The van der Waals surface area contributed by atoms with Gasteiger partial charge in [0.15, 0.2) is 0 Å². The smallest absolute Gasteiger partial charge is 0.333 e. The maximum atomic E-state index is 2.69. The largest absolute Gasteiger partial charge is 0.376 e. The minimum absolute atomic E-state index is 0.0214. The second kappa shape index (κ2) is 14.1. The molecule has 0 amide bonds. The Labute approximate surface area is 384 Å². The molecule has 0 unspecified atom stereocenters. The van der Waals surface area contributed by atoms with Crippen molar-refractivity contribution in [2.75, 3.05) is 9.71 Å². The van der Waals surface area contributed by atoms with Crippen molar-refractivity contribution in [3.05, 3.63) is 173 Å². The monoisotopic (exact) mass is 837 g/mol. The van der Waals surface area contributed by atoms with E-state index >= 15 is 0 Å². The molecule has 322 valence electrons. The lowest BCUT2D eigenvalue weighted by molar-refractivity contribution is 0.589. The lowest BCUT2D eigenvalue weighted by atomic mass is 9.43. The van der Waals surface area contributed by atoms with Crippen molar-refractivity contribution in [2.24, 2.45) is 0 Å². The second-order valence-electron chi connectivity index (χ2n) is 23.6. The molecular formula is C61H65BN2. The lowest BCUT2D eigenvalue weighted by Crippen LogP contribution is -2.61. The summed E-state index contributed by atoms with van der Waals surface area (Å²) in [5.74, 6) is 0. The quantitative estimate of drug-likeness (QED) is 0.164. The summed E-state index contributed by atoms with van der Waals surface area (Å²) in [4.78, 5) is 5.36. The van der Waals surface area contributed by atoms with Crippen molar-refractivity contribution in [1.82, 2.24) is 0 Å². The van der Waals surface area contributed by atoms with Crippen LogP contribution >= 0.6 is 0 Å². The molecule has 64 heavy (non-hydrogen) atoms. The van der Waals surface area contributed by atoms with Gasteiger partial charge in [0, 0.05) is 39.3 Å². The molecule has 2 nitrogen and oxygen atoms in total. The van der Waals surface area contributed by atoms with Crippen LogP contribution in [0.15, 0.2) is 140 Å². The van der Waals surface area contributed by atoms with Gasteiger partial charge in [-0.05, 0) is 137 Å². The molecule has 0 spiro atoms. The summed E-state index contributed by atoms with van der Waals surface area (Å²) in [5, 5.41) is 0. The second-order valence-corrected chi connectivity index (χ2v) is 23.6. The first-order valence-corrected chi connectivity index (χ1v) is 23.5. The topological polar surface area (TPSA) is 6.48 Å². The highest BCUT2D eigenvalue weighted by atomic mass is 15.2. The molecule has 0 fully saturated rings. The summed E-state index contributed by atoms with van der Waals surface area (Å²) in [7, 11) is 0. The van der Waals surface area contributed by atoms with Gasteiger partial charge in [-0.3, -0.25) is 0 Å². The Morgan fingerprint density at radius 1 is 0.391 bits per heavy atom. The Morgan fingerprint density at radius 2 is 0.938 bits per heavy atom. The maximum Gasteiger partial charge on any atom is 0.333 e. The third kappa shape index (κ3) is 6.59. The zero-order chi connectivity index (χ0) is 45.5. The van der Waals surface area contributed by atoms with E-state index in [1.807, 2.05) is 0 Å². The summed E-state index contributed by atoms with van der Waals surface area (Å²) in [5.41, 5.74) is 24.5. The lowest BCUT2D eigenvalue weighted by Gasteiger charge is -2.47. The van der Waals surface area contributed by atoms with Crippen LogP contribution in [0, 0.1) is 0 Å². The van der Waals surface area contributed by atoms with Gasteiger partial charge in [0.25, 0.3) is 0 Å². The fourth-order valence-corrected chi connectivity index (χ4v) is 10.8. The molecule has 0 saturated heterocycles. The number of rotatable bonds is 3. The Balaban J connectivity index is 1.38. The van der Waals surface area contributed by atoms with E-state index in [4.69, 9.17) is 0 Å². The number of fused-ring (bicyclic) bond motifs is 7. The van der Waals surface area contributed by atoms with Crippen molar-refractivity contribution in [3.8, 4) is 33.4 Å². The van der Waals surface area contributed by atoms with Crippen LogP contribution in [-0.4, -0.2) is 6.85 Å².